The summed E-state index contributed by atoms with van der Waals surface area (Å²) in [6.07, 6.45) is 0.574. The third-order valence-electron chi connectivity index (χ3n) is 2.98. The zero-order chi connectivity index (χ0) is 11.4. The number of amides is 1. The Hall–Kier alpha value is -0.900. The number of carbonyl (C=O) groups is 2. The van der Waals surface area contributed by atoms with Crippen LogP contribution < -0.4 is 5.32 Å². The van der Waals surface area contributed by atoms with E-state index in [1.807, 2.05) is 20.8 Å². The molecule has 0 radical (unpaired) electrons. The molecule has 0 bridgehead atoms. The van der Waals surface area contributed by atoms with Crippen molar-refractivity contribution >= 4 is 11.7 Å². The molecular weight excluding hydrogens is 192 g/mol. The number of piperidine rings is 1. The van der Waals surface area contributed by atoms with Gasteiger partial charge in [-0.25, -0.2) is 0 Å². The van der Waals surface area contributed by atoms with Gasteiger partial charge in [-0.2, -0.15) is 0 Å². The lowest BCUT2D eigenvalue weighted by molar-refractivity contribution is -0.131. The first-order chi connectivity index (χ1) is 7.06. The fraction of sp³-hybridized carbons (Fsp3) is 0.818. The van der Waals surface area contributed by atoms with Crippen molar-refractivity contribution in [3.8, 4) is 0 Å². The fourth-order valence-electron chi connectivity index (χ4n) is 1.88. The lowest BCUT2D eigenvalue weighted by Crippen LogP contribution is -2.50. The molecule has 2 unspecified atom stereocenters. The second kappa shape index (κ2) is 5.26. The molecule has 15 heavy (non-hydrogen) atoms. The number of nitrogens with zero attached hydrogens (tertiary/aromatic N) is 1. The van der Waals surface area contributed by atoms with E-state index in [1.165, 1.54) is 0 Å². The Labute approximate surface area is 91.0 Å². The molecule has 0 aromatic heterocycles. The molecule has 1 aliphatic rings. The average Bonchev–Trinajstić information content (AvgIpc) is 2.21. The summed E-state index contributed by atoms with van der Waals surface area (Å²) >= 11 is 0. The van der Waals surface area contributed by atoms with Crippen LogP contribution in [0.3, 0.4) is 0 Å². The highest BCUT2D eigenvalue weighted by molar-refractivity contribution is 5.83. The van der Waals surface area contributed by atoms with Crippen molar-refractivity contribution in [1.82, 2.24) is 10.2 Å². The van der Waals surface area contributed by atoms with E-state index in [9.17, 15) is 9.59 Å². The number of ketones is 1. The Kier molecular flexibility index (Phi) is 4.27. The van der Waals surface area contributed by atoms with Crippen LogP contribution in [0.4, 0.5) is 0 Å². The van der Waals surface area contributed by atoms with Gasteiger partial charge in [-0.05, 0) is 13.8 Å². The van der Waals surface area contributed by atoms with Crippen LogP contribution >= 0.6 is 0 Å². The van der Waals surface area contributed by atoms with Crippen molar-refractivity contribution in [2.45, 2.75) is 33.2 Å². The maximum atomic E-state index is 11.6. The number of nitrogens with one attached hydrogen (secondary N) is 1. The monoisotopic (exact) mass is 212 g/mol. The zero-order valence-electron chi connectivity index (χ0n) is 9.75. The third-order valence-corrected chi connectivity index (χ3v) is 2.98. The SMILES string of the molecule is CCNC(=O)C(C)N1CCC(=O)C(C)C1. The summed E-state index contributed by atoms with van der Waals surface area (Å²) in [7, 11) is 0. The highest BCUT2D eigenvalue weighted by Gasteiger charge is 2.29. The molecular formula is C11H20N2O2. The smallest absolute Gasteiger partial charge is 0.237 e. The topological polar surface area (TPSA) is 49.4 Å². The number of hydrogen-bond acceptors (Lipinski definition) is 3. The van der Waals surface area contributed by atoms with Crippen molar-refractivity contribution in [3.05, 3.63) is 0 Å². The van der Waals surface area contributed by atoms with Crippen molar-refractivity contribution in [1.29, 1.82) is 0 Å². The van der Waals surface area contributed by atoms with Gasteiger partial charge in [0.05, 0.1) is 6.04 Å². The minimum absolute atomic E-state index is 0.0547. The van der Waals surface area contributed by atoms with Gasteiger partial charge in [-0.15, -0.1) is 0 Å². The van der Waals surface area contributed by atoms with Crippen LogP contribution in [0.25, 0.3) is 0 Å². The summed E-state index contributed by atoms with van der Waals surface area (Å²) in [6.45, 7) is 7.81. The van der Waals surface area contributed by atoms with E-state index in [1.54, 1.807) is 0 Å². The molecule has 0 saturated carbocycles. The molecule has 1 amide bonds. The minimum Gasteiger partial charge on any atom is -0.355 e. The average molecular weight is 212 g/mol. The predicted octanol–water partition coefficient (Wildman–Crippen LogP) is 0.422. The van der Waals surface area contributed by atoms with E-state index in [2.05, 4.69) is 10.2 Å². The van der Waals surface area contributed by atoms with E-state index in [4.69, 9.17) is 0 Å². The maximum absolute atomic E-state index is 11.6. The first kappa shape index (κ1) is 12.2. The summed E-state index contributed by atoms with van der Waals surface area (Å²) in [5.41, 5.74) is 0. The van der Waals surface area contributed by atoms with Crippen LogP contribution in [-0.2, 0) is 9.59 Å². The van der Waals surface area contributed by atoms with E-state index >= 15 is 0 Å². The van der Waals surface area contributed by atoms with Crippen LogP contribution in [0.5, 0.6) is 0 Å². The zero-order valence-corrected chi connectivity index (χ0v) is 9.75. The highest BCUT2D eigenvalue weighted by Crippen LogP contribution is 2.14. The number of carbonyl (C=O) groups excluding carboxylic acids is 2. The normalized spacial score (nSPS) is 25.0. The standard InChI is InChI=1S/C11H20N2O2/c1-4-12-11(15)9(3)13-6-5-10(14)8(2)7-13/h8-9H,4-7H2,1-3H3,(H,12,15). The van der Waals surface area contributed by atoms with E-state index in [0.717, 1.165) is 0 Å². The van der Waals surface area contributed by atoms with Crippen molar-refractivity contribution < 1.29 is 9.59 Å². The van der Waals surface area contributed by atoms with E-state index in [0.29, 0.717) is 31.8 Å². The van der Waals surface area contributed by atoms with Crippen LogP contribution in [0, 0.1) is 5.92 Å². The quantitative estimate of drug-likeness (QED) is 0.737. The molecule has 0 aromatic carbocycles. The van der Waals surface area contributed by atoms with Gasteiger partial charge in [-0.1, -0.05) is 6.92 Å². The lowest BCUT2D eigenvalue weighted by atomic mass is 9.97. The van der Waals surface area contributed by atoms with Gasteiger partial charge in [0.1, 0.15) is 5.78 Å². The first-order valence-corrected chi connectivity index (χ1v) is 5.60. The third kappa shape index (κ3) is 3.02. The summed E-state index contributed by atoms with van der Waals surface area (Å²) in [5.74, 6) is 0.434. The van der Waals surface area contributed by atoms with E-state index < -0.39 is 0 Å². The Morgan fingerprint density at radius 2 is 2.33 bits per heavy atom. The molecule has 1 fully saturated rings. The number of likely N-dealkylation sites (tertiary alicyclic amines) is 1. The molecule has 1 saturated heterocycles. The van der Waals surface area contributed by atoms with Crippen LogP contribution in [0.2, 0.25) is 0 Å². The number of hydrogen-bond donors (Lipinski definition) is 1. The highest BCUT2D eigenvalue weighted by atomic mass is 16.2. The Balaban J connectivity index is 2.50. The predicted molar refractivity (Wildman–Crippen MR) is 58.5 cm³/mol. The molecule has 86 valence electrons. The molecule has 0 aliphatic carbocycles. The molecule has 4 heteroatoms. The number of rotatable bonds is 3. The second-order valence-electron chi connectivity index (χ2n) is 4.18. The fourth-order valence-corrected chi connectivity index (χ4v) is 1.88. The minimum atomic E-state index is -0.125. The summed E-state index contributed by atoms with van der Waals surface area (Å²) < 4.78 is 0. The first-order valence-electron chi connectivity index (χ1n) is 5.60. The van der Waals surface area contributed by atoms with E-state index in [-0.39, 0.29) is 17.9 Å². The molecule has 1 rings (SSSR count). The summed E-state index contributed by atoms with van der Waals surface area (Å²) in [6, 6.07) is -0.125. The lowest BCUT2D eigenvalue weighted by Gasteiger charge is -2.33. The van der Waals surface area contributed by atoms with Crippen molar-refractivity contribution in [2.24, 2.45) is 5.92 Å². The summed E-state index contributed by atoms with van der Waals surface area (Å²) in [5, 5.41) is 2.80. The van der Waals surface area contributed by atoms with Crippen LogP contribution in [-0.4, -0.2) is 42.3 Å². The van der Waals surface area contributed by atoms with Gasteiger partial charge in [-0.3, -0.25) is 14.5 Å². The van der Waals surface area contributed by atoms with Gasteiger partial charge in [0.25, 0.3) is 0 Å². The van der Waals surface area contributed by atoms with Crippen molar-refractivity contribution in [2.75, 3.05) is 19.6 Å². The number of Topliss-reactive ketones (excluding diaryl/α,β-unsaturated/α-hetero) is 1. The van der Waals surface area contributed by atoms with Gasteiger partial charge in [0.15, 0.2) is 0 Å². The van der Waals surface area contributed by atoms with Gasteiger partial charge in [0.2, 0.25) is 5.91 Å². The molecule has 4 nitrogen and oxygen atoms in total. The van der Waals surface area contributed by atoms with Gasteiger partial charge < -0.3 is 5.32 Å². The maximum Gasteiger partial charge on any atom is 0.237 e. The molecule has 0 spiro atoms. The molecule has 1 aliphatic heterocycles. The van der Waals surface area contributed by atoms with Crippen LogP contribution in [0.1, 0.15) is 27.2 Å². The Bertz CT molecular complexity index is 253. The molecule has 0 aromatic rings. The molecule has 1 N–H and O–H groups in total. The largest absolute Gasteiger partial charge is 0.355 e. The van der Waals surface area contributed by atoms with Crippen molar-refractivity contribution in [3.63, 3.8) is 0 Å². The Morgan fingerprint density at radius 3 is 2.87 bits per heavy atom. The molecule has 1 heterocycles. The van der Waals surface area contributed by atoms with Gasteiger partial charge >= 0.3 is 0 Å². The number of likely N-dealkylation sites (N-methyl/N-ethyl adjacent to an activating group) is 1. The van der Waals surface area contributed by atoms with Gasteiger partial charge in [0, 0.05) is 32.0 Å². The molecule has 2 atom stereocenters. The Morgan fingerprint density at radius 1 is 1.67 bits per heavy atom. The summed E-state index contributed by atoms with van der Waals surface area (Å²) in [4.78, 5) is 25.0. The van der Waals surface area contributed by atoms with Crippen LogP contribution in [0.15, 0.2) is 0 Å². The second-order valence-corrected chi connectivity index (χ2v) is 4.18.